The SMILES string of the molecule is O=C(O)c1csc(C(=O)N2CCC3CCCCC3C2)n1. The van der Waals surface area contributed by atoms with E-state index in [1.807, 2.05) is 4.90 Å². The topological polar surface area (TPSA) is 70.5 Å². The van der Waals surface area contributed by atoms with Crippen LogP contribution in [0.1, 0.15) is 52.4 Å². The fourth-order valence-electron chi connectivity index (χ4n) is 3.39. The second kappa shape index (κ2) is 5.52. The number of aromatic carboxylic acids is 1. The van der Waals surface area contributed by atoms with Crippen molar-refractivity contribution in [2.75, 3.05) is 13.1 Å². The van der Waals surface area contributed by atoms with Crippen LogP contribution in [0.25, 0.3) is 0 Å². The second-order valence-corrected chi connectivity index (χ2v) is 6.55. The summed E-state index contributed by atoms with van der Waals surface area (Å²) in [6.07, 6.45) is 6.18. The highest BCUT2D eigenvalue weighted by atomic mass is 32.1. The van der Waals surface area contributed by atoms with Crippen LogP contribution in [0.15, 0.2) is 5.38 Å². The van der Waals surface area contributed by atoms with E-state index in [-0.39, 0.29) is 11.6 Å². The molecule has 1 aromatic heterocycles. The zero-order chi connectivity index (χ0) is 14.1. The van der Waals surface area contributed by atoms with Crippen molar-refractivity contribution in [2.24, 2.45) is 11.8 Å². The van der Waals surface area contributed by atoms with Crippen LogP contribution in [0.5, 0.6) is 0 Å². The van der Waals surface area contributed by atoms with Crippen LogP contribution >= 0.6 is 11.3 Å². The molecule has 5 nitrogen and oxygen atoms in total. The zero-order valence-electron chi connectivity index (χ0n) is 11.2. The van der Waals surface area contributed by atoms with Gasteiger partial charge in [0.2, 0.25) is 0 Å². The Morgan fingerprint density at radius 2 is 2.00 bits per heavy atom. The highest BCUT2D eigenvalue weighted by Crippen LogP contribution is 2.36. The number of piperidine rings is 1. The van der Waals surface area contributed by atoms with Gasteiger partial charge in [0.25, 0.3) is 5.91 Å². The van der Waals surface area contributed by atoms with Crippen molar-refractivity contribution in [3.8, 4) is 0 Å². The number of amides is 1. The molecule has 2 fully saturated rings. The van der Waals surface area contributed by atoms with Crippen molar-refractivity contribution in [3.63, 3.8) is 0 Å². The Morgan fingerprint density at radius 3 is 2.70 bits per heavy atom. The summed E-state index contributed by atoms with van der Waals surface area (Å²) in [5.74, 6) is 0.219. The van der Waals surface area contributed by atoms with E-state index in [1.54, 1.807) is 0 Å². The highest BCUT2D eigenvalue weighted by Gasteiger charge is 2.34. The molecule has 0 aromatic carbocycles. The van der Waals surface area contributed by atoms with E-state index in [2.05, 4.69) is 4.98 Å². The maximum absolute atomic E-state index is 12.4. The van der Waals surface area contributed by atoms with E-state index >= 15 is 0 Å². The molecule has 1 amide bonds. The summed E-state index contributed by atoms with van der Waals surface area (Å²) in [5.41, 5.74) is -0.0362. The van der Waals surface area contributed by atoms with Crippen molar-refractivity contribution in [1.82, 2.24) is 9.88 Å². The molecule has 1 aliphatic carbocycles. The minimum absolute atomic E-state index is 0.0362. The summed E-state index contributed by atoms with van der Waals surface area (Å²) in [7, 11) is 0. The van der Waals surface area contributed by atoms with Gasteiger partial charge in [-0.15, -0.1) is 11.3 Å². The Bertz CT molecular complexity index is 528. The molecule has 2 atom stereocenters. The number of nitrogens with zero attached hydrogens (tertiary/aromatic N) is 2. The summed E-state index contributed by atoms with van der Waals surface area (Å²) in [4.78, 5) is 29.0. The first-order valence-corrected chi connectivity index (χ1v) is 8.01. The first kappa shape index (κ1) is 13.5. The van der Waals surface area contributed by atoms with Crippen LogP contribution in [0.3, 0.4) is 0 Å². The number of hydrogen-bond acceptors (Lipinski definition) is 4. The summed E-state index contributed by atoms with van der Waals surface area (Å²) in [6, 6.07) is 0. The van der Waals surface area contributed by atoms with Gasteiger partial charge in [0, 0.05) is 18.5 Å². The van der Waals surface area contributed by atoms with E-state index < -0.39 is 5.97 Å². The van der Waals surface area contributed by atoms with Crippen LogP contribution in [0.2, 0.25) is 0 Å². The molecule has 6 heteroatoms. The molecule has 3 rings (SSSR count). The lowest BCUT2D eigenvalue weighted by Gasteiger charge is -2.41. The number of rotatable bonds is 2. The molecule has 2 aliphatic rings. The van der Waals surface area contributed by atoms with Gasteiger partial charge in [0.15, 0.2) is 10.7 Å². The van der Waals surface area contributed by atoms with E-state index in [0.29, 0.717) is 10.9 Å². The average molecular weight is 294 g/mol. The Hall–Kier alpha value is -1.43. The largest absolute Gasteiger partial charge is 0.476 e. The Kier molecular flexibility index (Phi) is 3.74. The highest BCUT2D eigenvalue weighted by molar-refractivity contribution is 7.11. The first-order chi connectivity index (χ1) is 9.65. The molecule has 1 saturated heterocycles. The Labute approximate surface area is 121 Å². The zero-order valence-corrected chi connectivity index (χ0v) is 12.1. The predicted molar refractivity (Wildman–Crippen MR) is 75.0 cm³/mol. The van der Waals surface area contributed by atoms with Gasteiger partial charge in [-0.1, -0.05) is 19.3 Å². The predicted octanol–water partition coefficient (Wildman–Crippen LogP) is 2.49. The summed E-state index contributed by atoms with van der Waals surface area (Å²) >= 11 is 1.13. The van der Waals surface area contributed by atoms with Gasteiger partial charge in [-0.3, -0.25) is 4.79 Å². The maximum atomic E-state index is 12.4. The summed E-state index contributed by atoms with van der Waals surface area (Å²) in [5, 5.41) is 10.6. The number of carboxylic acid groups (broad SMARTS) is 1. The number of carbonyl (C=O) groups excluding carboxylic acids is 1. The average Bonchev–Trinajstić information content (AvgIpc) is 2.96. The Balaban J connectivity index is 1.69. The normalized spacial score (nSPS) is 26.1. The Morgan fingerprint density at radius 1 is 1.25 bits per heavy atom. The van der Waals surface area contributed by atoms with Gasteiger partial charge in [0.1, 0.15) is 0 Å². The molecule has 0 spiro atoms. The monoisotopic (exact) mass is 294 g/mol. The number of carboxylic acids is 1. The molecular weight excluding hydrogens is 276 g/mol. The summed E-state index contributed by atoms with van der Waals surface area (Å²) < 4.78 is 0. The van der Waals surface area contributed by atoms with E-state index in [1.165, 1.54) is 31.1 Å². The molecule has 2 heterocycles. The molecule has 1 aliphatic heterocycles. The van der Waals surface area contributed by atoms with Crippen molar-refractivity contribution < 1.29 is 14.7 Å². The van der Waals surface area contributed by atoms with Crippen molar-refractivity contribution in [2.45, 2.75) is 32.1 Å². The molecule has 1 N–H and O–H groups in total. The second-order valence-electron chi connectivity index (χ2n) is 5.69. The molecule has 20 heavy (non-hydrogen) atoms. The van der Waals surface area contributed by atoms with Gasteiger partial charge in [-0.05, 0) is 24.7 Å². The summed E-state index contributed by atoms with van der Waals surface area (Å²) in [6.45, 7) is 1.59. The third kappa shape index (κ3) is 2.57. The van der Waals surface area contributed by atoms with Crippen molar-refractivity contribution in [3.05, 3.63) is 16.1 Å². The first-order valence-electron chi connectivity index (χ1n) is 7.13. The quantitative estimate of drug-likeness (QED) is 0.909. The smallest absolute Gasteiger partial charge is 0.355 e. The van der Waals surface area contributed by atoms with Crippen LogP contribution in [-0.2, 0) is 0 Å². The minimum Gasteiger partial charge on any atom is -0.476 e. The molecule has 0 bridgehead atoms. The molecular formula is C14H18N2O3S. The van der Waals surface area contributed by atoms with Crippen molar-refractivity contribution >= 4 is 23.2 Å². The standard InChI is InChI=1S/C14H18N2O3S/c17-13(12-15-11(8-20-12)14(18)19)16-6-5-9-3-1-2-4-10(9)7-16/h8-10H,1-7H2,(H,18,19). The minimum atomic E-state index is -1.08. The van der Waals surface area contributed by atoms with Gasteiger partial charge in [-0.25, -0.2) is 9.78 Å². The fourth-order valence-corrected chi connectivity index (χ4v) is 4.15. The molecule has 2 unspecified atom stereocenters. The van der Waals surface area contributed by atoms with Gasteiger partial charge < -0.3 is 10.0 Å². The number of hydrogen-bond donors (Lipinski definition) is 1. The number of aromatic nitrogens is 1. The lowest BCUT2D eigenvalue weighted by atomic mass is 9.75. The van der Waals surface area contributed by atoms with E-state index in [9.17, 15) is 9.59 Å². The van der Waals surface area contributed by atoms with E-state index in [0.717, 1.165) is 36.8 Å². The van der Waals surface area contributed by atoms with Crippen LogP contribution in [-0.4, -0.2) is 40.0 Å². The lowest BCUT2D eigenvalue weighted by Crippen LogP contribution is -2.44. The van der Waals surface area contributed by atoms with Gasteiger partial charge in [0.05, 0.1) is 0 Å². The third-order valence-corrected chi connectivity index (χ3v) is 5.31. The number of fused-ring (bicyclic) bond motifs is 1. The van der Waals surface area contributed by atoms with Gasteiger partial charge >= 0.3 is 5.97 Å². The van der Waals surface area contributed by atoms with E-state index in [4.69, 9.17) is 5.11 Å². The molecule has 0 radical (unpaired) electrons. The van der Waals surface area contributed by atoms with Crippen molar-refractivity contribution in [1.29, 1.82) is 0 Å². The van der Waals surface area contributed by atoms with Crippen LogP contribution < -0.4 is 0 Å². The van der Waals surface area contributed by atoms with Gasteiger partial charge in [-0.2, -0.15) is 0 Å². The molecule has 108 valence electrons. The fraction of sp³-hybridized carbons (Fsp3) is 0.643. The van der Waals surface area contributed by atoms with Crippen LogP contribution in [0.4, 0.5) is 0 Å². The number of carbonyl (C=O) groups is 2. The number of thiazole rings is 1. The van der Waals surface area contributed by atoms with Crippen LogP contribution in [0, 0.1) is 11.8 Å². The molecule has 1 aromatic rings. The lowest BCUT2D eigenvalue weighted by molar-refractivity contribution is 0.0520. The third-order valence-electron chi connectivity index (χ3n) is 4.48. The maximum Gasteiger partial charge on any atom is 0.355 e. The number of likely N-dealkylation sites (tertiary alicyclic amines) is 1. The molecule has 1 saturated carbocycles.